The van der Waals surface area contributed by atoms with E-state index in [9.17, 15) is 4.39 Å². The van der Waals surface area contributed by atoms with Crippen molar-refractivity contribution < 1.29 is 4.39 Å². The molecule has 2 aromatic heterocycles. The Labute approximate surface area is 99.2 Å². The Balaban J connectivity index is 2.07. The predicted molar refractivity (Wildman–Crippen MR) is 63.1 cm³/mol. The molecule has 0 amide bonds. The van der Waals surface area contributed by atoms with Crippen LogP contribution in [-0.2, 0) is 20.1 Å². The zero-order valence-electron chi connectivity index (χ0n) is 10.2. The van der Waals surface area contributed by atoms with Gasteiger partial charge < -0.3 is 5.32 Å². The van der Waals surface area contributed by atoms with Crippen molar-refractivity contribution in [3.63, 3.8) is 0 Å². The normalized spacial score (nSPS) is 10.8. The van der Waals surface area contributed by atoms with Gasteiger partial charge in [0.25, 0.3) is 0 Å². The summed E-state index contributed by atoms with van der Waals surface area (Å²) >= 11 is 0. The Morgan fingerprint density at radius 3 is 2.76 bits per heavy atom. The maximum absolute atomic E-state index is 13.5. The molecule has 0 unspecified atom stereocenters. The molecule has 2 aromatic rings. The van der Waals surface area contributed by atoms with Crippen molar-refractivity contribution in [2.24, 2.45) is 7.05 Å². The van der Waals surface area contributed by atoms with Crippen LogP contribution in [0.15, 0.2) is 12.4 Å². The van der Waals surface area contributed by atoms with Gasteiger partial charge in [-0.05, 0) is 13.8 Å². The summed E-state index contributed by atoms with van der Waals surface area (Å²) in [5.74, 6) is -0.307. The maximum Gasteiger partial charge on any atom is 0.216 e. The molecule has 2 rings (SSSR count). The Morgan fingerprint density at radius 2 is 2.24 bits per heavy atom. The second-order valence-corrected chi connectivity index (χ2v) is 3.92. The number of nitrogens with one attached hydrogen (secondary N) is 1. The number of rotatable bonds is 4. The van der Waals surface area contributed by atoms with Gasteiger partial charge in [-0.3, -0.25) is 4.68 Å². The van der Waals surface area contributed by atoms with Crippen molar-refractivity contribution in [3.8, 4) is 0 Å². The van der Waals surface area contributed by atoms with Crippen molar-refractivity contribution >= 4 is 5.69 Å². The number of hydrogen-bond donors (Lipinski definition) is 1. The van der Waals surface area contributed by atoms with Crippen molar-refractivity contribution in [1.29, 1.82) is 0 Å². The second-order valence-electron chi connectivity index (χ2n) is 3.92. The molecular formula is C11H16FN5. The van der Waals surface area contributed by atoms with Crippen LogP contribution in [0.1, 0.15) is 18.2 Å². The van der Waals surface area contributed by atoms with E-state index in [-0.39, 0.29) is 5.95 Å². The van der Waals surface area contributed by atoms with Crippen molar-refractivity contribution in [2.45, 2.75) is 26.9 Å². The molecule has 0 aromatic carbocycles. The third-order valence-electron chi connectivity index (χ3n) is 2.68. The Morgan fingerprint density at radius 1 is 1.47 bits per heavy atom. The first-order valence-electron chi connectivity index (χ1n) is 5.56. The van der Waals surface area contributed by atoms with Crippen molar-refractivity contribution in [2.75, 3.05) is 5.32 Å². The summed E-state index contributed by atoms with van der Waals surface area (Å²) < 4.78 is 16.5. The summed E-state index contributed by atoms with van der Waals surface area (Å²) in [6.07, 6.45) is 3.45. The van der Waals surface area contributed by atoms with E-state index in [1.165, 1.54) is 10.9 Å². The second kappa shape index (κ2) is 4.57. The predicted octanol–water partition coefficient (Wildman–Crippen LogP) is 1.70. The molecule has 6 heteroatoms. The average molecular weight is 237 g/mol. The zero-order chi connectivity index (χ0) is 12.4. The molecule has 0 bridgehead atoms. The van der Waals surface area contributed by atoms with Crippen LogP contribution in [0.2, 0.25) is 0 Å². The van der Waals surface area contributed by atoms with E-state index in [2.05, 4.69) is 15.5 Å². The summed E-state index contributed by atoms with van der Waals surface area (Å²) in [4.78, 5) is 0. The van der Waals surface area contributed by atoms with Crippen molar-refractivity contribution in [3.05, 3.63) is 29.6 Å². The molecule has 0 atom stereocenters. The minimum Gasteiger partial charge on any atom is -0.378 e. The van der Waals surface area contributed by atoms with Crippen LogP contribution in [0.3, 0.4) is 0 Å². The zero-order valence-corrected chi connectivity index (χ0v) is 10.2. The summed E-state index contributed by atoms with van der Waals surface area (Å²) in [7, 11) is 1.58. The lowest BCUT2D eigenvalue weighted by Gasteiger charge is -2.02. The fourth-order valence-electron chi connectivity index (χ4n) is 1.63. The average Bonchev–Trinajstić information content (AvgIpc) is 2.82. The Kier molecular flexibility index (Phi) is 3.12. The van der Waals surface area contributed by atoms with Gasteiger partial charge in [-0.1, -0.05) is 0 Å². The van der Waals surface area contributed by atoms with Gasteiger partial charge in [0.2, 0.25) is 5.95 Å². The lowest BCUT2D eigenvalue weighted by molar-refractivity contribution is 0.496. The van der Waals surface area contributed by atoms with Crippen LogP contribution in [0.5, 0.6) is 0 Å². The third kappa shape index (κ3) is 2.30. The molecule has 92 valence electrons. The van der Waals surface area contributed by atoms with E-state index in [1.54, 1.807) is 7.05 Å². The van der Waals surface area contributed by atoms with Gasteiger partial charge in [0.05, 0.1) is 17.6 Å². The quantitative estimate of drug-likeness (QED) is 0.880. The Bertz CT molecular complexity index is 514. The highest BCUT2D eigenvalue weighted by molar-refractivity contribution is 5.45. The van der Waals surface area contributed by atoms with E-state index < -0.39 is 0 Å². The molecule has 5 nitrogen and oxygen atoms in total. The van der Waals surface area contributed by atoms with Crippen LogP contribution in [-0.4, -0.2) is 19.6 Å². The van der Waals surface area contributed by atoms with E-state index in [0.29, 0.717) is 12.1 Å². The molecule has 2 heterocycles. The summed E-state index contributed by atoms with van der Waals surface area (Å²) in [6, 6.07) is 0. The SMILES string of the molecule is CCn1cc(NCc2cnn(C)c2F)c(C)n1. The highest BCUT2D eigenvalue weighted by Crippen LogP contribution is 2.14. The fraction of sp³-hybridized carbons (Fsp3) is 0.455. The van der Waals surface area contributed by atoms with Crippen molar-refractivity contribution in [1.82, 2.24) is 19.6 Å². The van der Waals surface area contributed by atoms with E-state index in [4.69, 9.17) is 0 Å². The van der Waals surface area contributed by atoms with Crippen LogP contribution in [0.25, 0.3) is 0 Å². The Hall–Kier alpha value is -1.85. The lowest BCUT2D eigenvalue weighted by atomic mass is 10.3. The highest BCUT2D eigenvalue weighted by atomic mass is 19.1. The first kappa shape index (κ1) is 11.6. The van der Waals surface area contributed by atoms with E-state index in [0.717, 1.165) is 17.9 Å². The largest absolute Gasteiger partial charge is 0.378 e. The molecule has 17 heavy (non-hydrogen) atoms. The van der Waals surface area contributed by atoms with Crippen LogP contribution in [0, 0.1) is 12.9 Å². The van der Waals surface area contributed by atoms with Gasteiger partial charge in [-0.15, -0.1) is 0 Å². The molecule has 0 spiro atoms. The third-order valence-corrected chi connectivity index (χ3v) is 2.68. The van der Waals surface area contributed by atoms with E-state index in [1.807, 2.05) is 24.7 Å². The summed E-state index contributed by atoms with van der Waals surface area (Å²) in [6.45, 7) is 5.19. The van der Waals surface area contributed by atoms with Gasteiger partial charge >= 0.3 is 0 Å². The first-order chi connectivity index (χ1) is 8.11. The minimum absolute atomic E-state index is 0.307. The maximum atomic E-state index is 13.5. The molecule has 0 saturated carbocycles. The number of hydrogen-bond acceptors (Lipinski definition) is 3. The molecular weight excluding hydrogens is 221 g/mol. The molecule has 0 radical (unpaired) electrons. The smallest absolute Gasteiger partial charge is 0.216 e. The number of halogens is 1. The topological polar surface area (TPSA) is 47.7 Å². The molecule has 0 saturated heterocycles. The summed E-state index contributed by atoms with van der Waals surface area (Å²) in [5, 5.41) is 11.3. The van der Waals surface area contributed by atoms with Gasteiger partial charge in [-0.2, -0.15) is 14.6 Å². The monoisotopic (exact) mass is 237 g/mol. The van der Waals surface area contributed by atoms with Gasteiger partial charge in [0, 0.05) is 31.9 Å². The minimum atomic E-state index is -0.307. The highest BCUT2D eigenvalue weighted by Gasteiger charge is 2.09. The van der Waals surface area contributed by atoms with E-state index >= 15 is 0 Å². The van der Waals surface area contributed by atoms with Crippen LogP contribution < -0.4 is 5.32 Å². The lowest BCUT2D eigenvalue weighted by Crippen LogP contribution is -2.02. The first-order valence-corrected chi connectivity index (χ1v) is 5.56. The van der Waals surface area contributed by atoms with Gasteiger partial charge in [-0.25, -0.2) is 4.68 Å². The molecule has 1 N–H and O–H groups in total. The number of nitrogens with zero attached hydrogens (tertiary/aromatic N) is 4. The molecule has 0 aliphatic heterocycles. The number of aromatic nitrogens is 4. The van der Waals surface area contributed by atoms with Gasteiger partial charge in [0.1, 0.15) is 0 Å². The van der Waals surface area contributed by atoms with Crippen LogP contribution >= 0.6 is 0 Å². The van der Waals surface area contributed by atoms with Crippen LogP contribution in [0.4, 0.5) is 10.1 Å². The standard InChI is InChI=1S/C11H16FN5/c1-4-17-7-10(8(2)15-17)13-5-9-6-14-16(3)11(9)12/h6-7,13H,4-5H2,1-3H3. The van der Waals surface area contributed by atoms with Gasteiger partial charge in [0.15, 0.2) is 0 Å². The molecule has 0 fully saturated rings. The molecule has 0 aliphatic carbocycles. The summed E-state index contributed by atoms with van der Waals surface area (Å²) in [5.41, 5.74) is 2.39. The number of anilines is 1. The molecule has 0 aliphatic rings. The fourth-order valence-corrected chi connectivity index (χ4v) is 1.63. The number of aryl methyl sites for hydroxylation is 3.